The lowest BCUT2D eigenvalue weighted by Crippen LogP contribution is -2.15. The lowest BCUT2D eigenvalue weighted by atomic mass is 10.0. The molecule has 2 unspecified atom stereocenters. The molecule has 0 aromatic heterocycles. The number of hydrogen-bond donors (Lipinski definition) is 1. The third kappa shape index (κ3) is 11.5. The van der Waals surface area contributed by atoms with Gasteiger partial charge in [-0.05, 0) is 51.9 Å². The Kier molecular flexibility index (Phi) is 11.2. The van der Waals surface area contributed by atoms with Gasteiger partial charge in [0.15, 0.2) is 0 Å². The predicted octanol–water partition coefficient (Wildman–Crippen LogP) is 5.44. The summed E-state index contributed by atoms with van der Waals surface area (Å²) in [6.45, 7) is 1.98. The summed E-state index contributed by atoms with van der Waals surface area (Å²) in [6.07, 6.45) is 13.0. The number of carbonyl (C=O) groups excluding carboxylic acids is 2. The standard InChI is InChI=1S/C18H32O4S/c1-15-11-7-5-6-9-13-16(22-18(20)23)12-8-3-2-4-10-14-17(19)21-15/h15-16H,2-14H2,1H3,(H,20,23). The minimum atomic E-state index is -0.467. The molecular weight excluding hydrogens is 312 g/mol. The zero-order valence-electron chi connectivity index (χ0n) is 14.4. The molecule has 0 N–H and O–H groups in total. The smallest absolute Gasteiger partial charge is 0.364 e. The molecule has 0 spiro atoms. The van der Waals surface area contributed by atoms with E-state index in [9.17, 15) is 9.59 Å². The normalized spacial score (nSPS) is 26.8. The summed E-state index contributed by atoms with van der Waals surface area (Å²) in [4.78, 5) is 22.8. The molecule has 134 valence electrons. The van der Waals surface area contributed by atoms with Crippen LogP contribution in [0.1, 0.15) is 90.4 Å². The molecular formula is C18H32O4S. The lowest BCUT2D eigenvalue weighted by Gasteiger charge is -2.16. The summed E-state index contributed by atoms with van der Waals surface area (Å²) in [5, 5.41) is -0.467. The fourth-order valence-corrected chi connectivity index (χ4v) is 3.23. The first-order valence-corrected chi connectivity index (χ1v) is 9.61. The Labute approximate surface area is 146 Å². The van der Waals surface area contributed by atoms with Gasteiger partial charge in [-0.3, -0.25) is 4.79 Å². The van der Waals surface area contributed by atoms with E-state index in [1.807, 2.05) is 6.92 Å². The van der Waals surface area contributed by atoms with Crippen molar-refractivity contribution in [2.75, 3.05) is 0 Å². The van der Waals surface area contributed by atoms with Crippen LogP contribution in [0.2, 0.25) is 0 Å². The molecule has 0 radical (unpaired) electrons. The summed E-state index contributed by atoms with van der Waals surface area (Å²) in [5.74, 6) is -0.0532. The van der Waals surface area contributed by atoms with Crippen LogP contribution in [0.15, 0.2) is 0 Å². The van der Waals surface area contributed by atoms with Gasteiger partial charge in [-0.2, -0.15) is 0 Å². The lowest BCUT2D eigenvalue weighted by molar-refractivity contribution is -0.148. The third-order valence-corrected chi connectivity index (χ3v) is 4.50. The minimum Gasteiger partial charge on any atom is -0.463 e. The molecule has 0 saturated carbocycles. The van der Waals surface area contributed by atoms with Gasteiger partial charge >= 0.3 is 11.3 Å². The monoisotopic (exact) mass is 344 g/mol. The highest BCUT2D eigenvalue weighted by Crippen LogP contribution is 2.18. The van der Waals surface area contributed by atoms with Gasteiger partial charge in [0.1, 0.15) is 6.10 Å². The SMILES string of the molecule is CC1CCCCCCC(OC(=O)S)CCCCCCCC(=O)O1. The van der Waals surface area contributed by atoms with Crippen LogP contribution in [0.3, 0.4) is 0 Å². The molecule has 1 fully saturated rings. The van der Waals surface area contributed by atoms with E-state index in [0.717, 1.165) is 77.0 Å². The number of esters is 1. The third-order valence-electron chi connectivity index (χ3n) is 4.39. The van der Waals surface area contributed by atoms with Crippen molar-refractivity contribution < 1.29 is 19.1 Å². The zero-order chi connectivity index (χ0) is 16.9. The summed E-state index contributed by atoms with van der Waals surface area (Å²) < 4.78 is 10.7. The van der Waals surface area contributed by atoms with Crippen molar-refractivity contribution in [3.63, 3.8) is 0 Å². The molecule has 1 saturated heterocycles. The predicted molar refractivity (Wildman–Crippen MR) is 94.8 cm³/mol. The molecule has 0 aliphatic carbocycles. The Morgan fingerprint density at radius 1 is 0.957 bits per heavy atom. The second-order valence-electron chi connectivity index (χ2n) is 6.60. The van der Waals surface area contributed by atoms with E-state index in [1.165, 1.54) is 0 Å². The molecule has 1 rings (SSSR count). The number of carbonyl (C=O) groups is 2. The molecule has 2 atom stereocenters. The van der Waals surface area contributed by atoms with Crippen molar-refractivity contribution in [2.45, 2.75) is 103 Å². The van der Waals surface area contributed by atoms with E-state index in [0.29, 0.717) is 6.42 Å². The zero-order valence-corrected chi connectivity index (χ0v) is 15.3. The fraction of sp³-hybridized carbons (Fsp3) is 0.889. The molecule has 1 heterocycles. The van der Waals surface area contributed by atoms with E-state index < -0.39 is 5.30 Å². The summed E-state index contributed by atoms with van der Waals surface area (Å²) in [5.41, 5.74) is 0. The van der Waals surface area contributed by atoms with E-state index >= 15 is 0 Å². The minimum absolute atomic E-state index is 0.0134. The number of rotatable bonds is 1. The van der Waals surface area contributed by atoms with Crippen molar-refractivity contribution in [3.05, 3.63) is 0 Å². The van der Waals surface area contributed by atoms with Crippen molar-refractivity contribution >= 4 is 23.9 Å². The van der Waals surface area contributed by atoms with E-state index in [-0.39, 0.29) is 18.2 Å². The van der Waals surface area contributed by atoms with Crippen LogP contribution in [-0.2, 0) is 14.3 Å². The maximum Gasteiger partial charge on any atom is 0.364 e. The van der Waals surface area contributed by atoms with Gasteiger partial charge in [-0.15, -0.1) is 0 Å². The quantitative estimate of drug-likeness (QED) is 0.508. The molecule has 0 bridgehead atoms. The number of hydrogen-bond acceptors (Lipinski definition) is 4. The summed E-state index contributed by atoms with van der Waals surface area (Å²) in [6, 6.07) is 0. The van der Waals surface area contributed by atoms with Crippen LogP contribution in [0, 0.1) is 0 Å². The average molecular weight is 345 g/mol. The Balaban J connectivity index is 2.39. The highest BCUT2D eigenvalue weighted by molar-refractivity contribution is 7.96. The maximum atomic E-state index is 11.7. The van der Waals surface area contributed by atoms with Crippen LogP contribution in [-0.4, -0.2) is 23.5 Å². The largest absolute Gasteiger partial charge is 0.463 e. The fourth-order valence-electron chi connectivity index (χ4n) is 3.08. The Bertz CT molecular complexity index is 346. The Morgan fingerprint density at radius 3 is 2.09 bits per heavy atom. The maximum absolute atomic E-state index is 11.7. The van der Waals surface area contributed by atoms with Crippen molar-refractivity contribution in [1.29, 1.82) is 0 Å². The Hall–Kier alpha value is -0.710. The topological polar surface area (TPSA) is 52.6 Å². The van der Waals surface area contributed by atoms with Crippen molar-refractivity contribution in [3.8, 4) is 0 Å². The van der Waals surface area contributed by atoms with Crippen molar-refractivity contribution in [1.82, 2.24) is 0 Å². The van der Waals surface area contributed by atoms with E-state index in [1.54, 1.807) is 0 Å². The van der Waals surface area contributed by atoms with Crippen LogP contribution < -0.4 is 0 Å². The molecule has 0 amide bonds. The first-order chi connectivity index (χ1) is 11.1. The molecule has 1 aliphatic heterocycles. The van der Waals surface area contributed by atoms with Gasteiger partial charge < -0.3 is 9.47 Å². The van der Waals surface area contributed by atoms with Crippen LogP contribution in [0.5, 0.6) is 0 Å². The molecule has 23 heavy (non-hydrogen) atoms. The van der Waals surface area contributed by atoms with Crippen molar-refractivity contribution in [2.24, 2.45) is 0 Å². The number of thiol groups is 1. The first kappa shape index (κ1) is 20.3. The number of ether oxygens (including phenoxy) is 2. The van der Waals surface area contributed by atoms with Crippen LogP contribution in [0.25, 0.3) is 0 Å². The molecule has 4 nitrogen and oxygen atoms in total. The number of cyclic esters (lactones) is 1. The van der Waals surface area contributed by atoms with Gasteiger partial charge in [0.25, 0.3) is 0 Å². The van der Waals surface area contributed by atoms with E-state index in [4.69, 9.17) is 9.47 Å². The van der Waals surface area contributed by atoms with E-state index in [2.05, 4.69) is 12.6 Å². The van der Waals surface area contributed by atoms with Crippen LogP contribution in [0.4, 0.5) is 4.79 Å². The summed E-state index contributed by atoms with van der Waals surface area (Å²) in [7, 11) is 0. The first-order valence-electron chi connectivity index (χ1n) is 9.17. The highest BCUT2D eigenvalue weighted by atomic mass is 32.1. The second kappa shape index (κ2) is 12.7. The molecule has 1 aliphatic rings. The average Bonchev–Trinajstić information content (AvgIpc) is 2.48. The van der Waals surface area contributed by atoms with Gasteiger partial charge in [0.2, 0.25) is 0 Å². The molecule has 5 heteroatoms. The van der Waals surface area contributed by atoms with Gasteiger partial charge in [-0.1, -0.05) is 44.7 Å². The molecule has 0 aromatic rings. The van der Waals surface area contributed by atoms with Gasteiger partial charge in [0.05, 0.1) is 6.10 Å². The van der Waals surface area contributed by atoms with Gasteiger partial charge in [0, 0.05) is 6.42 Å². The second-order valence-corrected chi connectivity index (χ2v) is 6.97. The molecule has 0 aromatic carbocycles. The van der Waals surface area contributed by atoms with Crippen LogP contribution >= 0.6 is 12.6 Å². The van der Waals surface area contributed by atoms with Gasteiger partial charge in [-0.25, -0.2) is 4.79 Å². The Morgan fingerprint density at radius 2 is 1.48 bits per heavy atom. The summed E-state index contributed by atoms with van der Waals surface area (Å²) >= 11 is 3.74. The highest BCUT2D eigenvalue weighted by Gasteiger charge is 2.13.